The van der Waals surface area contributed by atoms with Gasteiger partial charge in [-0.2, -0.15) is 5.10 Å². The fourth-order valence-corrected chi connectivity index (χ4v) is 1.84. The van der Waals surface area contributed by atoms with Crippen molar-refractivity contribution in [2.45, 2.75) is 26.0 Å². The van der Waals surface area contributed by atoms with Gasteiger partial charge in [-0.15, -0.1) is 0 Å². The predicted molar refractivity (Wildman–Crippen MR) is 47.8 cm³/mol. The molecule has 5 nitrogen and oxygen atoms in total. The molecule has 1 aromatic heterocycles. The first kappa shape index (κ1) is 9.21. The van der Waals surface area contributed by atoms with Crippen LogP contribution in [-0.4, -0.2) is 28.0 Å². The van der Waals surface area contributed by atoms with Crippen LogP contribution in [0.3, 0.4) is 0 Å². The zero-order chi connectivity index (χ0) is 10.1. The minimum atomic E-state index is -0.405. The van der Waals surface area contributed by atoms with Gasteiger partial charge in [-0.05, 0) is 12.8 Å². The van der Waals surface area contributed by atoms with Crippen molar-refractivity contribution in [3.05, 3.63) is 17.0 Å². The van der Waals surface area contributed by atoms with Crippen molar-refractivity contribution in [3.8, 4) is 0 Å². The molecule has 0 aliphatic carbocycles. The second-order valence-corrected chi connectivity index (χ2v) is 3.24. The summed E-state index contributed by atoms with van der Waals surface area (Å²) in [6, 6.07) is 0. The van der Waals surface area contributed by atoms with E-state index >= 15 is 0 Å². The van der Waals surface area contributed by atoms with Gasteiger partial charge in [0.25, 0.3) is 0 Å². The van der Waals surface area contributed by atoms with Gasteiger partial charge in [-0.25, -0.2) is 4.79 Å². The number of aliphatic hydroxyl groups is 1. The molecule has 0 amide bonds. The number of nitrogens with zero attached hydrogens (tertiary/aromatic N) is 2. The molecule has 0 aromatic carbocycles. The fourth-order valence-electron chi connectivity index (χ4n) is 1.84. The summed E-state index contributed by atoms with van der Waals surface area (Å²) in [6.07, 6.45) is 1.83. The first-order valence-electron chi connectivity index (χ1n) is 4.55. The van der Waals surface area contributed by atoms with Crippen molar-refractivity contribution < 1.29 is 14.6 Å². The second-order valence-electron chi connectivity index (χ2n) is 3.24. The smallest absolute Gasteiger partial charge is 0.341 e. The van der Waals surface area contributed by atoms with Crippen LogP contribution in [0.2, 0.25) is 0 Å². The summed E-state index contributed by atoms with van der Waals surface area (Å²) in [5.74, 6) is -0.405. The summed E-state index contributed by atoms with van der Waals surface area (Å²) < 4.78 is 6.43. The Morgan fingerprint density at radius 3 is 3.14 bits per heavy atom. The third-order valence-corrected chi connectivity index (χ3v) is 2.45. The highest BCUT2D eigenvalue weighted by Gasteiger charge is 2.26. The Kier molecular flexibility index (Phi) is 2.25. The van der Waals surface area contributed by atoms with Gasteiger partial charge in [-0.1, -0.05) is 0 Å². The standard InChI is InChI=1S/C9H12N2O3/c1-14-9(13)8-6(5-12)10-11-4-2-3-7(8)11/h12H,2-5H2,1H3. The van der Waals surface area contributed by atoms with Gasteiger partial charge >= 0.3 is 5.97 Å². The molecule has 1 aliphatic rings. The lowest BCUT2D eigenvalue weighted by atomic mass is 10.1. The zero-order valence-corrected chi connectivity index (χ0v) is 7.99. The van der Waals surface area contributed by atoms with E-state index < -0.39 is 5.97 Å². The fraction of sp³-hybridized carbons (Fsp3) is 0.556. The molecule has 1 N–H and O–H groups in total. The van der Waals surface area contributed by atoms with Gasteiger partial charge in [0.2, 0.25) is 0 Å². The molecule has 1 aromatic rings. The van der Waals surface area contributed by atoms with Gasteiger partial charge in [0.1, 0.15) is 11.3 Å². The average molecular weight is 196 g/mol. The number of esters is 1. The van der Waals surface area contributed by atoms with E-state index in [1.54, 1.807) is 4.68 Å². The third-order valence-electron chi connectivity index (χ3n) is 2.45. The molecule has 0 saturated heterocycles. The highest BCUT2D eigenvalue weighted by Crippen LogP contribution is 2.22. The molecule has 2 heterocycles. The number of ether oxygens (including phenoxy) is 1. The van der Waals surface area contributed by atoms with E-state index in [4.69, 9.17) is 5.11 Å². The van der Waals surface area contributed by atoms with Gasteiger partial charge in [0, 0.05) is 6.54 Å². The van der Waals surface area contributed by atoms with Crippen LogP contribution >= 0.6 is 0 Å². The van der Waals surface area contributed by atoms with E-state index in [1.165, 1.54) is 7.11 Å². The molecule has 0 spiro atoms. The number of methoxy groups -OCH3 is 1. The summed E-state index contributed by atoms with van der Waals surface area (Å²) in [4.78, 5) is 11.4. The van der Waals surface area contributed by atoms with E-state index in [1.807, 2.05) is 0 Å². The Balaban J connectivity index is 2.49. The Hall–Kier alpha value is -1.36. The third kappa shape index (κ3) is 1.21. The van der Waals surface area contributed by atoms with Gasteiger partial charge in [0.05, 0.1) is 19.4 Å². The van der Waals surface area contributed by atoms with Crippen LogP contribution in [0, 0.1) is 0 Å². The lowest BCUT2D eigenvalue weighted by Crippen LogP contribution is -2.06. The number of rotatable bonds is 2. The number of hydrogen-bond acceptors (Lipinski definition) is 4. The van der Waals surface area contributed by atoms with Crippen LogP contribution in [0.4, 0.5) is 0 Å². The normalized spacial score (nSPS) is 14.1. The largest absolute Gasteiger partial charge is 0.465 e. The molecule has 76 valence electrons. The number of fused-ring (bicyclic) bond motifs is 1. The number of hydrogen-bond donors (Lipinski definition) is 1. The summed E-state index contributed by atoms with van der Waals surface area (Å²) in [7, 11) is 1.34. The Labute approximate surface area is 81.3 Å². The van der Waals surface area contributed by atoms with Crippen LogP contribution in [-0.2, 0) is 24.3 Å². The lowest BCUT2D eigenvalue weighted by molar-refractivity contribution is 0.0596. The maximum atomic E-state index is 11.4. The molecular weight excluding hydrogens is 184 g/mol. The van der Waals surface area contributed by atoms with Crippen molar-refractivity contribution >= 4 is 5.97 Å². The maximum Gasteiger partial charge on any atom is 0.341 e. The highest BCUT2D eigenvalue weighted by molar-refractivity contribution is 5.92. The van der Waals surface area contributed by atoms with Gasteiger partial charge < -0.3 is 9.84 Å². The quantitative estimate of drug-likeness (QED) is 0.682. The van der Waals surface area contributed by atoms with Crippen molar-refractivity contribution in [2.75, 3.05) is 7.11 Å². The summed E-state index contributed by atoms with van der Waals surface area (Å²) in [5, 5.41) is 13.2. The highest BCUT2D eigenvalue weighted by atomic mass is 16.5. The van der Waals surface area contributed by atoms with E-state index in [2.05, 4.69) is 9.84 Å². The number of aliphatic hydroxyl groups excluding tert-OH is 1. The first-order chi connectivity index (χ1) is 6.77. The number of carbonyl (C=O) groups is 1. The summed E-state index contributed by atoms with van der Waals surface area (Å²) in [6.45, 7) is 0.601. The molecule has 14 heavy (non-hydrogen) atoms. The number of carbonyl (C=O) groups excluding carboxylic acids is 1. The summed E-state index contributed by atoms with van der Waals surface area (Å²) in [5.41, 5.74) is 1.76. The van der Waals surface area contributed by atoms with Crippen LogP contribution in [0.1, 0.15) is 28.2 Å². The van der Waals surface area contributed by atoms with Crippen LogP contribution < -0.4 is 0 Å². The van der Waals surface area contributed by atoms with Crippen molar-refractivity contribution in [1.82, 2.24) is 9.78 Å². The van der Waals surface area contributed by atoms with Crippen LogP contribution in [0.25, 0.3) is 0 Å². The molecule has 0 unspecified atom stereocenters. The topological polar surface area (TPSA) is 64.3 Å². The average Bonchev–Trinajstić information content (AvgIpc) is 2.74. The van der Waals surface area contributed by atoms with Gasteiger partial charge in [0.15, 0.2) is 0 Å². The van der Waals surface area contributed by atoms with E-state index in [0.717, 1.165) is 25.1 Å². The zero-order valence-electron chi connectivity index (χ0n) is 7.99. The molecule has 0 radical (unpaired) electrons. The van der Waals surface area contributed by atoms with Crippen molar-refractivity contribution in [2.24, 2.45) is 0 Å². The monoisotopic (exact) mass is 196 g/mol. The van der Waals surface area contributed by atoms with Gasteiger partial charge in [-0.3, -0.25) is 4.68 Å². The van der Waals surface area contributed by atoms with Crippen LogP contribution in [0.5, 0.6) is 0 Å². The van der Waals surface area contributed by atoms with Crippen molar-refractivity contribution in [3.63, 3.8) is 0 Å². The van der Waals surface area contributed by atoms with E-state index in [0.29, 0.717) is 11.3 Å². The SMILES string of the molecule is COC(=O)c1c(CO)nn2c1CCC2. The molecule has 0 atom stereocenters. The second kappa shape index (κ2) is 3.42. The molecule has 0 fully saturated rings. The van der Waals surface area contributed by atoms with Crippen molar-refractivity contribution in [1.29, 1.82) is 0 Å². The minimum absolute atomic E-state index is 0.218. The van der Waals surface area contributed by atoms with Crippen LogP contribution in [0.15, 0.2) is 0 Å². The molecule has 5 heteroatoms. The lowest BCUT2D eigenvalue weighted by Gasteiger charge is -1.99. The minimum Gasteiger partial charge on any atom is -0.465 e. The number of aromatic nitrogens is 2. The first-order valence-corrected chi connectivity index (χ1v) is 4.55. The maximum absolute atomic E-state index is 11.4. The molecular formula is C9H12N2O3. The predicted octanol–water partition coefficient (Wildman–Crippen LogP) is 0.108. The Morgan fingerprint density at radius 1 is 1.71 bits per heavy atom. The molecule has 0 bridgehead atoms. The summed E-state index contributed by atoms with van der Waals surface area (Å²) >= 11 is 0. The Bertz CT molecular complexity index is 370. The van der Waals surface area contributed by atoms with E-state index in [9.17, 15) is 4.79 Å². The molecule has 1 aliphatic heterocycles. The number of aryl methyl sites for hydroxylation is 1. The van der Waals surface area contributed by atoms with E-state index in [-0.39, 0.29) is 6.61 Å². The molecule has 2 rings (SSSR count). The Morgan fingerprint density at radius 2 is 2.50 bits per heavy atom. The molecule has 0 saturated carbocycles.